The van der Waals surface area contributed by atoms with E-state index >= 15 is 0 Å². The molecule has 0 aliphatic rings. The van der Waals surface area contributed by atoms with Crippen LogP contribution < -0.4 is 15.2 Å². The van der Waals surface area contributed by atoms with Gasteiger partial charge in [-0.2, -0.15) is 0 Å². The van der Waals surface area contributed by atoms with Crippen molar-refractivity contribution < 1.29 is 9.47 Å². The molecule has 16 heavy (non-hydrogen) atoms. The fraction of sp³-hybridized carbons (Fsp3) is 0.250. The first kappa shape index (κ1) is 12.1. The first-order valence-corrected chi connectivity index (χ1v) is 4.86. The van der Waals surface area contributed by atoms with Gasteiger partial charge >= 0.3 is 0 Å². The summed E-state index contributed by atoms with van der Waals surface area (Å²) in [5.41, 5.74) is 7.03. The Balaban J connectivity index is 2.95. The smallest absolute Gasteiger partial charge is 0.162 e. The minimum Gasteiger partial charge on any atom is -0.493 e. The molecule has 0 radical (unpaired) electrons. The maximum atomic E-state index is 5.34. The summed E-state index contributed by atoms with van der Waals surface area (Å²) in [5, 5.41) is 0. The molecule has 2 N–H and O–H groups in total. The highest BCUT2D eigenvalue weighted by molar-refractivity contribution is 5.80. The summed E-state index contributed by atoms with van der Waals surface area (Å²) >= 11 is 0. The van der Waals surface area contributed by atoms with E-state index in [1.165, 1.54) is 6.20 Å². The van der Waals surface area contributed by atoms with Crippen LogP contribution in [0.25, 0.3) is 0 Å². The predicted molar refractivity (Wildman–Crippen MR) is 65.6 cm³/mol. The summed E-state index contributed by atoms with van der Waals surface area (Å²) in [6, 6.07) is 5.47. The summed E-state index contributed by atoms with van der Waals surface area (Å²) in [7, 11) is 3.19. The number of aliphatic imine (C=N–C) groups is 1. The van der Waals surface area contributed by atoms with Crippen LogP contribution in [0.5, 0.6) is 11.5 Å². The Morgan fingerprint density at radius 1 is 1.25 bits per heavy atom. The Hall–Kier alpha value is -1.97. The van der Waals surface area contributed by atoms with E-state index < -0.39 is 0 Å². The molecule has 0 aliphatic heterocycles. The molecule has 1 rings (SSSR count). The molecule has 0 amide bonds. The number of hydrogen-bond acceptors (Lipinski definition) is 4. The van der Waals surface area contributed by atoms with Gasteiger partial charge in [-0.15, -0.1) is 0 Å². The van der Waals surface area contributed by atoms with Crippen LogP contribution in [0.3, 0.4) is 0 Å². The van der Waals surface area contributed by atoms with Crippen LogP contribution in [0.15, 0.2) is 35.0 Å². The summed E-state index contributed by atoms with van der Waals surface area (Å²) in [6.07, 6.45) is 3.20. The number of nitrogens with zero attached hydrogens (tertiary/aromatic N) is 1. The highest BCUT2D eigenvalue weighted by Crippen LogP contribution is 2.30. The van der Waals surface area contributed by atoms with E-state index in [0.717, 1.165) is 11.3 Å². The van der Waals surface area contributed by atoms with Gasteiger partial charge in [0.15, 0.2) is 11.5 Å². The quantitative estimate of drug-likeness (QED) is 0.792. The summed E-state index contributed by atoms with van der Waals surface area (Å²) in [5.74, 6) is 1.35. The van der Waals surface area contributed by atoms with Crippen molar-refractivity contribution in [1.82, 2.24) is 0 Å². The van der Waals surface area contributed by atoms with E-state index in [-0.39, 0.29) is 0 Å². The second-order valence-electron chi connectivity index (χ2n) is 3.21. The Labute approximate surface area is 95.4 Å². The molecular weight excluding hydrogens is 204 g/mol. The predicted octanol–water partition coefficient (Wildman–Crippen LogP) is 2.27. The number of nitrogens with two attached hydrogens (primary N) is 1. The highest BCUT2D eigenvalue weighted by Gasteiger charge is 2.02. The second-order valence-corrected chi connectivity index (χ2v) is 3.21. The molecule has 1 aromatic carbocycles. The molecule has 0 aromatic heterocycles. The molecule has 0 heterocycles. The van der Waals surface area contributed by atoms with E-state index in [9.17, 15) is 0 Å². The number of ether oxygens (including phenoxy) is 2. The van der Waals surface area contributed by atoms with Gasteiger partial charge in [-0.25, -0.2) is 0 Å². The normalized spacial score (nSPS) is 11.8. The molecule has 4 nitrogen and oxygen atoms in total. The van der Waals surface area contributed by atoms with Crippen LogP contribution in [0.2, 0.25) is 0 Å². The van der Waals surface area contributed by atoms with Crippen molar-refractivity contribution >= 4 is 11.9 Å². The van der Waals surface area contributed by atoms with Crippen LogP contribution in [0.4, 0.5) is 5.69 Å². The standard InChI is InChI=1S/C12H16N2O2/c1-9(7-13)8-14-10-4-5-11(15-2)12(6-10)16-3/h4-8H,13H2,1-3H3. The van der Waals surface area contributed by atoms with Gasteiger partial charge in [-0.1, -0.05) is 0 Å². The van der Waals surface area contributed by atoms with Crippen LogP contribution in [0, 0.1) is 0 Å². The van der Waals surface area contributed by atoms with Crippen molar-refractivity contribution in [1.29, 1.82) is 0 Å². The lowest BCUT2D eigenvalue weighted by molar-refractivity contribution is 0.355. The Bertz CT molecular complexity index is 411. The van der Waals surface area contributed by atoms with Gasteiger partial charge in [-0.3, -0.25) is 4.99 Å². The molecule has 0 saturated carbocycles. The average Bonchev–Trinajstić information content (AvgIpc) is 2.35. The monoisotopic (exact) mass is 220 g/mol. The molecule has 4 heteroatoms. The topological polar surface area (TPSA) is 56.8 Å². The molecule has 0 aliphatic carbocycles. The number of methoxy groups -OCH3 is 2. The third-order valence-electron chi connectivity index (χ3n) is 2.05. The lowest BCUT2D eigenvalue weighted by atomic mass is 10.2. The van der Waals surface area contributed by atoms with Crippen molar-refractivity contribution in [3.63, 3.8) is 0 Å². The molecule has 0 saturated heterocycles. The van der Waals surface area contributed by atoms with Crippen LogP contribution in [-0.4, -0.2) is 20.4 Å². The largest absolute Gasteiger partial charge is 0.493 e. The van der Waals surface area contributed by atoms with E-state index in [4.69, 9.17) is 15.2 Å². The molecule has 0 atom stereocenters. The number of hydrogen-bond donors (Lipinski definition) is 1. The zero-order chi connectivity index (χ0) is 12.0. The number of rotatable bonds is 4. The minimum atomic E-state index is 0.659. The zero-order valence-corrected chi connectivity index (χ0v) is 9.73. The van der Waals surface area contributed by atoms with Crippen molar-refractivity contribution in [2.45, 2.75) is 6.92 Å². The van der Waals surface area contributed by atoms with Gasteiger partial charge in [0, 0.05) is 12.3 Å². The summed E-state index contributed by atoms with van der Waals surface area (Å²) in [6.45, 7) is 1.88. The molecule has 0 unspecified atom stereocenters. The zero-order valence-electron chi connectivity index (χ0n) is 9.73. The molecule has 0 bridgehead atoms. The van der Waals surface area contributed by atoms with Crippen LogP contribution in [-0.2, 0) is 0 Å². The highest BCUT2D eigenvalue weighted by atomic mass is 16.5. The fourth-order valence-electron chi connectivity index (χ4n) is 1.12. The summed E-state index contributed by atoms with van der Waals surface area (Å²) in [4.78, 5) is 4.25. The van der Waals surface area contributed by atoms with Gasteiger partial charge in [0.25, 0.3) is 0 Å². The third kappa shape index (κ3) is 3.02. The summed E-state index contributed by atoms with van der Waals surface area (Å²) < 4.78 is 10.3. The van der Waals surface area contributed by atoms with E-state index in [0.29, 0.717) is 11.5 Å². The Morgan fingerprint density at radius 3 is 2.50 bits per heavy atom. The van der Waals surface area contributed by atoms with Crippen LogP contribution in [0.1, 0.15) is 6.92 Å². The van der Waals surface area contributed by atoms with Gasteiger partial charge in [0.05, 0.1) is 19.9 Å². The third-order valence-corrected chi connectivity index (χ3v) is 2.05. The first-order chi connectivity index (χ1) is 7.71. The van der Waals surface area contributed by atoms with Crippen LogP contribution >= 0.6 is 0 Å². The van der Waals surface area contributed by atoms with E-state index in [1.807, 2.05) is 19.1 Å². The second kappa shape index (κ2) is 5.80. The lowest BCUT2D eigenvalue weighted by Gasteiger charge is -2.07. The SMILES string of the molecule is COc1ccc(N=CC(C)=CN)cc1OC. The molecule has 0 spiro atoms. The molecule has 1 aromatic rings. The van der Waals surface area contributed by atoms with Crippen molar-refractivity contribution in [3.05, 3.63) is 30.0 Å². The van der Waals surface area contributed by atoms with E-state index in [1.54, 1.807) is 26.5 Å². The minimum absolute atomic E-state index is 0.659. The Kier molecular flexibility index (Phi) is 4.39. The maximum Gasteiger partial charge on any atom is 0.162 e. The first-order valence-electron chi connectivity index (χ1n) is 4.86. The van der Waals surface area contributed by atoms with E-state index in [2.05, 4.69) is 4.99 Å². The Morgan fingerprint density at radius 2 is 1.94 bits per heavy atom. The maximum absolute atomic E-state index is 5.34. The average molecular weight is 220 g/mol. The fourth-order valence-corrected chi connectivity index (χ4v) is 1.12. The van der Waals surface area contributed by atoms with Gasteiger partial charge in [-0.05, 0) is 30.8 Å². The van der Waals surface area contributed by atoms with Crippen molar-refractivity contribution in [3.8, 4) is 11.5 Å². The van der Waals surface area contributed by atoms with Gasteiger partial charge < -0.3 is 15.2 Å². The number of allylic oxidation sites excluding steroid dienone is 1. The van der Waals surface area contributed by atoms with Gasteiger partial charge in [0.2, 0.25) is 0 Å². The van der Waals surface area contributed by atoms with Gasteiger partial charge in [0.1, 0.15) is 0 Å². The number of benzene rings is 1. The molecular formula is C12H16N2O2. The van der Waals surface area contributed by atoms with Crippen molar-refractivity contribution in [2.75, 3.05) is 14.2 Å². The molecule has 0 fully saturated rings. The molecule has 86 valence electrons. The van der Waals surface area contributed by atoms with Crippen molar-refractivity contribution in [2.24, 2.45) is 10.7 Å². The lowest BCUT2D eigenvalue weighted by Crippen LogP contribution is -1.89.